The molecule has 0 aromatic rings. The molecule has 0 aliphatic heterocycles. The highest BCUT2D eigenvalue weighted by Gasteiger charge is 2.29. The smallest absolute Gasteiger partial charge is 0.372 e. The van der Waals surface area contributed by atoms with Crippen LogP contribution < -0.4 is 0 Å². The summed E-state index contributed by atoms with van der Waals surface area (Å²) in [5, 5.41) is 8.66. The highest BCUT2D eigenvalue weighted by molar-refractivity contribution is 6.33. The van der Waals surface area contributed by atoms with Crippen molar-refractivity contribution in [3.05, 3.63) is 0 Å². The molecular weight excluding hydrogens is 180 g/mol. The van der Waals surface area contributed by atoms with Gasteiger partial charge in [0.1, 0.15) is 0 Å². The van der Waals surface area contributed by atoms with Crippen LogP contribution in [0.3, 0.4) is 0 Å². The van der Waals surface area contributed by atoms with Gasteiger partial charge in [0.15, 0.2) is 0 Å². The topological polar surface area (TPSA) is 54.4 Å². The molecule has 0 saturated carbocycles. The first-order valence-electron chi connectivity index (χ1n) is 5.17. The summed E-state index contributed by atoms with van der Waals surface area (Å²) in [6.45, 7) is 7.93. The predicted molar refractivity (Wildman–Crippen MR) is 55.0 cm³/mol. The van der Waals surface area contributed by atoms with E-state index in [1.165, 1.54) is 0 Å². The zero-order valence-electron chi connectivity index (χ0n) is 9.41. The number of hydrogen-bond acceptors (Lipinski definition) is 2. The van der Waals surface area contributed by atoms with E-state index >= 15 is 0 Å². The van der Waals surface area contributed by atoms with Gasteiger partial charge in [-0.05, 0) is 18.3 Å². The van der Waals surface area contributed by atoms with Crippen molar-refractivity contribution < 1.29 is 14.7 Å². The first kappa shape index (κ1) is 13.1. The third-order valence-corrected chi connectivity index (χ3v) is 2.60. The van der Waals surface area contributed by atoms with Crippen LogP contribution in [-0.2, 0) is 9.59 Å². The molecule has 1 N–H and O–H groups in total. The first-order chi connectivity index (χ1) is 6.40. The Labute approximate surface area is 85.5 Å². The van der Waals surface area contributed by atoms with Gasteiger partial charge in [-0.25, -0.2) is 4.79 Å². The van der Waals surface area contributed by atoms with Crippen LogP contribution in [0.5, 0.6) is 0 Å². The molecule has 2 atom stereocenters. The standard InChI is InChI=1S/C11H20O3/c1-5-8(4)9(6-7(2)3)10(12)11(13)14/h7-9H,5-6H2,1-4H3,(H,13,14)/t8?,9-/m0/s1. The van der Waals surface area contributed by atoms with Crippen molar-refractivity contribution >= 4 is 11.8 Å². The number of Topliss-reactive ketones (excluding diaryl/α,β-unsaturated/α-hetero) is 1. The van der Waals surface area contributed by atoms with Crippen LogP contribution in [0.15, 0.2) is 0 Å². The molecule has 0 aliphatic carbocycles. The van der Waals surface area contributed by atoms with E-state index in [2.05, 4.69) is 0 Å². The van der Waals surface area contributed by atoms with Gasteiger partial charge >= 0.3 is 5.97 Å². The van der Waals surface area contributed by atoms with Crippen molar-refractivity contribution in [3.8, 4) is 0 Å². The van der Waals surface area contributed by atoms with E-state index in [1.807, 2.05) is 27.7 Å². The maximum absolute atomic E-state index is 11.4. The second-order valence-corrected chi connectivity index (χ2v) is 4.29. The van der Waals surface area contributed by atoms with Crippen LogP contribution in [-0.4, -0.2) is 16.9 Å². The van der Waals surface area contributed by atoms with Crippen LogP contribution in [0.2, 0.25) is 0 Å². The van der Waals surface area contributed by atoms with Gasteiger partial charge < -0.3 is 5.11 Å². The minimum atomic E-state index is -1.30. The molecule has 0 fully saturated rings. The van der Waals surface area contributed by atoms with Gasteiger partial charge in [-0.1, -0.05) is 34.1 Å². The molecule has 0 aromatic carbocycles. The molecule has 3 nitrogen and oxygen atoms in total. The Bertz CT molecular complexity index is 209. The van der Waals surface area contributed by atoms with Crippen LogP contribution in [0, 0.1) is 17.8 Å². The van der Waals surface area contributed by atoms with E-state index < -0.39 is 11.8 Å². The fourth-order valence-electron chi connectivity index (χ4n) is 1.55. The third-order valence-electron chi connectivity index (χ3n) is 2.60. The fraction of sp³-hybridized carbons (Fsp3) is 0.818. The van der Waals surface area contributed by atoms with Crippen LogP contribution in [0.1, 0.15) is 40.5 Å². The van der Waals surface area contributed by atoms with Crippen molar-refractivity contribution in [2.45, 2.75) is 40.5 Å². The molecule has 0 saturated heterocycles. The molecule has 0 aliphatic rings. The number of aliphatic carboxylic acids is 1. The first-order valence-corrected chi connectivity index (χ1v) is 5.17. The molecule has 0 radical (unpaired) electrons. The molecule has 0 rings (SSSR count). The van der Waals surface area contributed by atoms with E-state index in [9.17, 15) is 9.59 Å². The van der Waals surface area contributed by atoms with Crippen molar-refractivity contribution in [1.82, 2.24) is 0 Å². The molecular formula is C11H20O3. The SMILES string of the molecule is CCC(C)[C@H](CC(C)C)C(=O)C(=O)O. The molecule has 14 heavy (non-hydrogen) atoms. The van der Waals surface area contributed by atoms with Gasteiger partial charge in [0.25, 0.3) is 0 Å². The van der Waals surface area contributed by atoms with Gasteiger partial charge in [0.2, 0.25) is 5.78 Å². The van der Waals surface area contributed by atoms with E-state index in [-0.39, 0.29) is 11.8 Å². The summed E-state index contributed by atoms with van der Waals surface area (Å²) in [4.78, 5) is 22.0. The molecule has 82 valence electrons. The maximum atomic E-state index is 11.4. The van der Waals surface area contributed by atoms with Crippen LogP contribution in [0.25, 0.3) is 0 Å². The summed E-state index contributed by atoms with van der Waals surface area (Å²) < 4.78 is 0. The Morgan fingerprint density at radius 2 is 1.71 bits per heavy atom. The van der Waals surface area contributed by atoms with Crippen molar-refractivity contribution in [2.24, 2.45) is 17.8 Å². The zero-order chi connectivity index (χ0) is 11.3. The number of carboxylic acids is 1. The van der Waals surface area contributed by atoms with Crippen molar-refractivity contribution in [1.29, 1.82) is 0 Å². The van der Waals surface area contributed by atoms with Crippen molar-refractivity contribution in [2.75, 3.05) is 0 Å². The summed E-state index contributed by atoms with van der Waals surface area (Å²) >= 11 is 0. The van der Waals surface area contributed by atoms with E-state index in [1.54, 1.807) is 0 Å². The average molecular weight is 200 g/mol. The minimum absolute atomic E-state index is 0.154. The lowest BCUT2D eigenvalue weighted by atomic mass is 9.82. The average Bonchev–Trinajstić information content (AvgIpc) is 2.11. The van der Waals surface area contributed by atoms with Gasteiger partial charge in [-0.2, -0.15) is 0 Å². The zero-order valence-corrected chi connectivity index (χ0v) is 9.41. The molecule has 3 heteroatoms. The van der Waals surface area contributed by atoms with Gasteiger partial charge in [0.05, 0.1) is 0 Å². The molecule has 0 heterocycles. The van der Waals surface area contributed by atoms with Gasteiger partial charge in [-0.3, -0.25) is 4.79 Å². The van der Waals surface area contributed by atoms with E-state index in [0.29, 0.717) is 12.3 Å². The number of rotatable bonds is 6. The number of hydrogen-bond donors (Lipinski definition) is 1. The normalized spacial score (nSPS) is 15.2. The van der Waals surface area contributed by atoms with E-state index in [0.717, 1.165) is 6.42 Å². The quantitative estimate of drug-likeness (QED) is 0.669. The number of ketones is 1. The Balaban J connectivity index is 4.54. The highest BCUT2D eigenvalue weighted by atomic mass is 16.4. The molecule has 0 bridgehead atoms. The highest BCUT2D eigenvalue weighted by Crippen LogP contribution is 2.23. The second-order valence-electron chi connectivity index (χ2n) is 4.29. The summed E-state index contributed by atoms with van der Waals surface area (Å²) in [5.74, 6) is -1.74. The van der Waals surface area contributed by atoms with Gasteiger partial charge in [-0.15, -0.1) is 0 Å². The summed E-state index contributed by atoms with van der Waals surface area (Å²) in [6.07, 6.45) is 1.51. The van der Waals surface area contributed by atoms with Gasteiger partial charge in [0, 0.05) is 5.92 Å². The lowest BCUT2D eigenvalue weighted by Gasteiger charge is -2.21. The Morgan fingerprint density at radius 1 is 1.21 bits per heavy atom. The Morgan fingerprint density at radius 3 is 2.00 bits per heavy atom. The minimum Gasteiger partial charge on any atom is -0.475 e. The van der Waals surface area contributed by atoms with Crippen molar-refractivity contribution in [3.63, 3.8) is 0 Å². The second kappa shape index (κ2) is 5.78. The largest absolute Gasteiger partial charge is 0.475 e. The Kier molecular flexibility index (Phi) is 5.43. The number of carbonyl (C=O) groups excluding carboxylic acids is 1. The van der Waals surface area contributed by atoms with E-state index in [4.69, 9.17) is 5.11 Å². The number of carbonyl (C=O) groups is 2. The summed E-state index contributed by atoms with van der Waals surface area (Å²) in [5.41, 5.74) is 0. The fourth-order valence-corrected chi connectivity index (χ4v) is 1.55. The predicted octanol–water partition coefficient (Wildman–Crippen LogP) is 2.35. The third kappa shape index (κ3) is 3.90. The lowest BCUT2D eigenvalue weighted by Crippen LogP contribution is -2.29. The Hall–Kier alpha value is -0.860. The van der Waals surface area contributed by atoms with Crippen LogP contribution >= 0.6 is 0 Å². The number of carboxylic acid groups (broad SMARTS) is 1. The molecule has 0 amide bonds. The lowest BCUT2D eigenvalue weighted by molar-refractivity contribution is -0.152. The molecule has 1 unspecified atom stereocenters. The summed E-state index contributed by atoms with van der Waals surface area (Å²) in [6, 6.07) is 0. The molecule has 0 aromatic heterocycles. The maximum Gasteiger partial charge on any atom is 0.372 e. The monoisotopic (exact) mass is 200 g/mol. The molecule has 0 spiro atoms. The van der Waals surface area contributed by atoms with Crippen LogP contribution in [0.4, 0.5) is 0 Å². The summed E-state index contributed by atoms with van der Waals surface area (Å²) in [7, 11) is 0.